The number of hydrogen-bond donors (Lipinski definition) is 0. The third kappa shape index (κ3) is 2.24. The smallest absolute Gasteiger partial charge is 0.248 e. The molecule has 0 unspecified atom stereocenters. The van der Waals surface area contributed by atoms with E-state index in [2.05, 4.69) is 4.74 Å². The third-order valence-corrected chi connectivity index (χ3v) is 1.21. The number of rotatable bonds is 1. The van der Waals surface area contributed by atoms with E-state index >= 15 is 0 Å². The van der Waals surface area contributed by atoms with Gasteiger partial charge in [0.2, 0.25) is 19.5 Å². The average molecular weight is 188 g/mol. The van der Waals surface area contributed by atoms with Gasteiger partial charge in [-0.25, -0.2) is 13.2 Å². The van der Waals surface area contributed by atoms with Crippen LogP contribution >= 0.6 is 0 Å². The zero-order valence-corrected chi connectivity index (χ0v) is 6.61. The van der Waals surface area contributed by atoms with E-state index in [0.29, 0.717) is 12.1 Å². The van der Waals surface area contributed by atoms with E-state index < -0.39 is 29.1 Å². The Labute approximate surface area is 72.7 Å². The summed E-state index contributed by atoms with van der Waals surface area (Å²) < 4.78 is 41.9. The van der Waals surface area contributed by atoms with Crippen LogP contribution in [0.3, 0.4) is 0 Å². The third-order valence-electron chi connectivity index (χ3n) is 1.21. The van der Waals surface area contributed by atoms with E-state index in [1.54, 1.807) is 0 Å². The van der Waals surface area contributed by atoms with E-state index in [0.717, 1.165) is 7.85 Å². The van der Waals surface area contributed by atoms with Crippen LogP contribution in [0, 0.1) is 17.5 Å². The van der Waals surface area contributed by atoms with Crippen LogP contribution < -0.4 is 4.74 Å². The average Bonchev–Trinajstić information content (AvgIpc) is 1.96. The first-order chi connectivity index (χ1) is 6.00. The fraction of sp³-hybridized carbons (Fsp3) is 0. The Morgan fingerprint density at radius 3 is 2.08 bits per heavy atom. The number of halogens is 3. The van der Waals surface area contributed by atoms with Gasteiger partial charge in [0.05, 0.1) is 0 Å². The quantitative estimate of drug-likeness (QED) is 0.619. The Kier molecular flexibility index (Phi) is 2.60. The summed E-state index contributed by atoms with van der Waals surface area (Å²) in [5, 5.41) is 0. The molecule has 13 heavy (non-hydrogen) atoms. The van der Waals surface area contributed by atoms with Crippen LogP contribution in [0.1, 0.15) is 0 Å². The van der Waals surface area contributed by atoms with Crippen LogP contribution in [0.15, 0.2) is 12.1 Å². The topological polar surface area (TPSA) is 26.3 Å². The van der Waals surface area contributed by atoms with E-state index in [9.17, 15) is 18.0 Å². The molecule has 0 aliphatic heterocycles. The molecule has 2 nitrogen and oxygen atoms in total. The van der Waals surface area contributed by atoms with Crippen molar-refractivity contribution in [3.8, 4) is 5.75 Å². The Morgan fingerprint density at radius 2 is 1.69 bits per heavy atom. The molecule has 68 valence electrons. The summed E-state index contributed by atoms with van der Waals surface area (Å²) in [6, 6.07) is 0.864. The van der Waals surface area contributed by atoms with Crippen LogP contribution in [-0.4, -0.2) is 13.7 Å². The Morgan fingerprint density at radius 1 is 1.23 bits per heavy atom. The molecule has 0 amide bonds. The molecule has 0 aromatic heterocycles. The van der Waals surface area contributed by atoms with Crippen molar-refractivity contribution in [2.75, 3.05) is 0 Å². The highest BCUT2D eigenvalue weighted by Crippen LogP contribution is 2.22. The van der Waals surface area contributed by atoms with Crippen LogP contribution in [0.25, 0.3) is 0 Å². The van der Waals surface area contributed by atoms with Crippen LogP contribution in [0.4, 0.5) is 18.0 Å². The molecular weight excluding hydrogens is 184 g/mol. The highest BCUT2D eigenvalue weighted by atomic mass is 19.1. The minimum Gasteiger partial charge on any atom is -0.429 e. The van der Waals surface area contributed by atoms with Crippen molar-refractivity contribution in [1.29, 1.82) is 0 Å². The first-order valence-electron chi connectivity index (χ1n) is 3.33. The van der Waals surface area contributed by atoms with Crippen molar-refractivity contribution in [2.45, 2.75) is 0 Å². The largest absolute Gasteiger partial charge is 0.429 e. The Balaban J connectivity index is 3.13. The molecule has 0 aliphatic carbocycles. The summed E-state index contributed by atoms with van der Waals surface area (Å²) in [5.74, 6) is -5.30. The van der Waals surface area contributed by atoms with Gasteiger partial charge in [0, 0.05) is 12.1 Å². The normalized spacial score (nSPS) is 9.77. The number of benzene rings is 1. The van der Waals surface area contributed by atoms with E-state index in [1.807, 2.05) is 0 Å². The molecule has 6 heteroatoms. The summed E-state index contributed by atoms with van der Waals surface area (Å²) in [6.45, 7) is 0. The molecule has 0 aliphatic rings. The first kappa shape index (κ1) is 9.63. The van der Waals surface area contributed by atoms with Crippen molar-refractivity contribution in [3.63, 3.8) is 0 Å². The molecular formula is C7H4BF3O2. The molecule has 1 aromatic carbocycles. The van der Waals surface area contributed by atoms with Gasteiger partial charge in [-0.2, -0.15) is 0 Å². The molecule has 0 saturated carbocycles. The number of ether oxygens (including phenoxy) is 1. The van der Waals surface area contributed by atoms with E-state index in [-0.39, 0.29) is 0 Å². The fourth-order valence-corrected chi connectivity index (χ4v) is 0.770. The van der Waals surface area contributed by atoms with Gasteiger partial charge < -0.3 is 4.74 Å². The first-order valence-corrected chi connectivity index (χ1v) is 3.33. The standard InChI is InChI=1S/C7H4BF3O2/c8-7(12)13-6-4(10)1-3(9)2-5(6)11/h1-2H,8H2. The Hall–Kier alpha value is -1.46. The van der Waals surface area contributed by atoms with Crippen LogP contribution in [0.5, 0.6) is 5.75 Å². The van der Waals surface area contributed by atoms with Crippen LogP contribution in [-0.2, 0) is 0 Å². The molecule has 0 atom stereocenters. The number of carbonyl (C=O) groups is 1. The summed E-state index contributed by atoms with van der Waals surface area (Å²) in [7, 11) is 0.988. The summed E-state index contributed by atoms with van der Waals surface area (Å²) >= 11 is 0. The van der Waals surface area contributed by atoms with Gasteiger partial charge in [-0.3, -0.25) is 4.79 Å². The van der Waals surface area contributed by atoms with Crippen molar-refractivity contribution >= 4 is 13.7 Å². The molecule has 0 spiro atoms. The van der Waals surface area contributed by atoms with E-state index in [4.69, 9.17) is 0 Å². The molecule has 0 saturated heterocycles. The highest BCUT2D eigenvalue weighted by Gasteiger charge is 2.14. The van der Waals surface area contributed by atoms with Gasteiger partial charge in [0.15, 0.2) is 11.6 Å². The second kappa shape index (κ2) is 3.51. The predicted octanol–water partition coefficient (Wildman–Crippen LogP) is 1.24. The van der Waals surface area contributed by atoms with Crippen molar-refractivity contribution in [3.05, 3.63) is 29.6 Å². The maximum atomic E-state index is 12.7. The van der Waals surface area contributed by atoms with E-state index in [1.165, 1.54) is 0 Å². The van der Waals surface area contributed by atoms with Gasteiger partial charge >= 0.3 is 0 Å². The number of carbonyl (C=O) groups excluding carboxylic acids is 1. The fourth-order valence-electron chi connectivity index (χ4n) is 0.770. The number of hydrogen-bond acceptors (Lipinski definition) is 2. The lowest BCUT2D eigenvalue weighted by Crippen LogP contribution is -2.07. The zero-order chi connectivity index (χ0) is 10.0. The van der Waals surface area contributed by atoms with Gasteiger partial charge in [-0.05, 0) is 0 Å². The zero-order valence-electron chi connectivity index (χ0n) is 6.61. The van der Waals surface area contributed by atoms with Crippen molar-refractivity contribution in [1.82, 2.24) is 0 Å². The summed E-state index contributed by atoms with van der Waals surface area (Å²) in [4.78, 5) is 10.4. The molecule has 0 N–H and O–H groups in total. The summed E-state index contributed by atoms with van der Waals surface area (Å²) in [5.41, 5.74) is 0. The molecule has 1 rings (SSSR count). The Bertz CT molecular complexity index is 331. The van der Waals surface area contributed by atoms with Gasteiger partial charge in [-0.1, -0.05) is 0 Å². The molecule has 0 fully saturated rings. The minimum atomic E-state index is -1.24. The lowest BCUT2D eigenvalue weighted by molar-refractivity contribution is 0.221. The van der Waals surface area contributed by atoms with Crippen molar-refractivity contribution < 1.29 is 22.7 Å². The van der Waals surface area contributed by atoms with Crippen LogP contribution in [0.2, 0.25) is 0 Å². The molecule has 0 radical (unpaired) electrons. The maximum Gasteiger partial charge on any atom is 0.248 e. The monoisotopic (exact) mass is 188 g/mol. The van der Waals surface area contributed by atoms with Gasteiger partial charge in [0.25, 0.3) is 0 Å². The maximum absolute atomic E-state index is 12.7. The molecule has 1 aromatic rings. The second-order valence-electron chi connectivity index (χ2n) is 2.29. The predicted molar refractivity (Wildman–Crippen MR) is 40.9 cm³/mol. The molecule has 0 bridgehead atoms. The minimum absolute atomic E-state index is 0.432. The SMILES string of the molecule is BC(=O)Oc1c(F)cc(F)cc1F. The van der Waals surface area contributed by atoms with Gasteiger partial charge in [-0.15, -0.1) is 0 Å². The van der Waals surface area contributed by atoms with Crippen molar-refractivity contribution in [2.24, 2.45) is 0 Å². The second-order valence-corrected chi connectivity index (χ2v) is 2.29. The van der Waals surface area contributed by atoms with Gasteiger partial charge in [0.1, 0.15) is 5.82 Å². The highest BCUT2D eigenvalue weighted by molar-refractivity contribution is 6.55. The lowest BCUT2D eigenvalue weighted by Gasteiger charge is -2.03. The molecule has 0 heterocycles. The summed E-state index contributed by atoms with van der Waals surface area (Å²) in [6.07, 6.45) is 0. The lowest BCUT2D eigenvalue weighted by atomic mass is 10.2.